The summed E-state index contributed by atoms with van der Waals surface area (Å²) in [4.78, 5) is 12.1. The first-order chi connectivity index (χ1) is 12.8. The zero-order valence-corrected chi connectivity index (χ0v) is 18.5. The van der Waals surface area contributed by atoms with Gasteiger partial charge < -0.3 is 9.47 Å². The predicted molar refractivity (Wildman–Crippen MR) is 117 cm³/mol. The lowest BCUT2D eigenvalue weighted by Gasteiger charge is -2.15. The van der Waals surface area contributed by atoms with Crippen LogP contribution < -0.4 is 14.9 Å². The van der Waals surface area contributed by atoms with Crippen molar-refractivity contribution in [1.82, 2.24) is 5.43 Å². The van der Waals surface area contributed by atoms with Gasteiger partial charge in [0.1, 0.15) is 0 Å². The van der Waals surface area contributed by atoms with E-state index in [1.165, 1.54) is 5.56 Å². The van der Waals surface area contributed by atoms with Gasteiger partial charge in [0.25, 0.3) is 0 Å². The van der Waals surface area contributed by atoms with Crippen LogP contribution in [0.25, 0.3) is 0 Å². The SMILES string of the molecule is COc1cc(/C=N\NC(=O)Cc2ccc(C)cc2C)cc(I)c1OC(C)C. The van der Waals surface area contributed by atoms with E-state index >= 15 is 0 Å². The molecule has 2 aromatic rings. The van der Waals surface area contributed by atoms with Crippen LogP contribution in [0.15, 0.2) is 35.4 Å². The average molecular weight is 480 g/mol. The molecule has 0 atom stereocenters. The van der Waals surface area contributed by atoms with Crippen molar-refractivity contribution >= 4 is 34.7 Å². The van der Waals surface area contributed by atoms with E-state index in [0.717, 1.165) is 20.3 Å². The van der Waals surface area contributed by atoms with E-state index in [1.54, 1.807) is 13.3 Å². The molecule has 0 heterocycles. The molecular weight excluding hydrogens is 455 g/mol. The van der Waals surface area contributed by atoms with E-state index < -0.39 is 0 Å². The van der Waals surface area contributed by atoms with Crippen LogP contribution in [0.1, 0.15) is 36.1 Å². The van der Waals surface area contributed by atoms with E-state index in [2.05, 4.69) is 39.2 Å². The molecule has 0 spiro atoms. The van der Waals surface area contributed by atoms with Crippen molar-refractivity contribution < 1.29 is 14.3 Å². The number of ether oxygens (including phenoxy) is 2. The zero-order valence-electron chi connectivity index (χ0n) is 16.3. The Balaban J connectivity index is 2.05. The fraction of sp³-hybridized carbons (Fsp3) is 0.333. The van der Waals surface area contributed by atoms with Crippen LogP contribution in [-0.2, 0) is 11.2 Å². The fourth-order valence-electron chi connectivity index (χ4n) is 2.60. The van der Waals surface area contributed by atoms with E-state index in [-0.39, 0.29) is 12.0 Å². The van der Waals surface area contributed by atoms with Crippen molar-refractivity contribution in [2.24, 2.45) is 5.10 Å². The molecule has 2 rings (SSSR count). The minimum absolute atomic E-state index is 0.0523. The summed E-state index contributed by atoms with van der Waals surface area (Å²) < 4.78 is 12.1. The zero-order chi connectivity index (χ0) is 20.0. The summed E-state index contributed by atoms with van der Waals surface area (Å²) in [5.41, 5.74) is 6.69. The molecule has 6 heteroatoms. The van der Waals surface area contributed by atoms with Crippen LogP contribution in [-0.4, -0.2) is 25.3 Å². The third-order valence-electron chi connectivity index (χ3n) is 3.86. The first-order valence-corrected chi connectivity index (χ1v) is 9.80. The summed E-state index contributed by atoms with van der Waals surface area (Å²) in [6.45, 7) is 7.98. The van der Waals surface area contributed by atoms with E-state index in [4.69, 9.17) is 9.47 Å². The van der Waals surface area contributed by atoms with Gasteiger partial charge in [0.2, 0.25) is 5.91 Å². The standard InChI is InChI=1S/C21H25IN2O3/c1-13(2)27-21-18(22)9-16(10-19(21)26-5)12-23-24-20(25)11-17-7-6-14(3)8-15(17)4/h6-10,12-13H,11H2,1-5H3,(H,24,25)/b23-12-. The smallest absolute Gasteiger partial charge is 0.244 e. The summed E-state index contributed by atoms with van der Waals surface area (Å²) in [5, 5.41) is 4.07. The Hall–Kier alpha value is -2.09. The van der Waals surface area contributed by atoms with E-state index in [0.29, 0.717) is 17.9 Å². The van der Waals surface area contributed by atoms with Gasteiger partial charge in [-0.15, -0.1) is 0 Å². The highest BCUT2D eigenvalue weighted by Crippen LogP contribution is 2.34. The van der Waals surface area contributed by atoms with Gasteiger partial charge in [0, 0.05) is 0 Å². The number of rotatable bonds is 7. The third-order valence-corrected chi connectivity index (χ3v) is 4.66. The Kier molecular flexibility index (Phi) is 7.65. The number of hydrazone groups is 1. The minimum Gasteiger partial charge on any atom is -0.493 e. The largest absolute Gasteiger partial charge is 0.493 e. The van der Waals surface area contributed by atoms with Gasteiger partial charge in [-0.05, 0) is 79.1 Å². The summed E-state index contributed by atoms with van der Waals surface area (Å²) in [6, 6.07) is 9.82. The molecular formula is C21H25IN2O3. The second kappa shape index (κ2) is 9.73. The lowest BCUT2D eigenvalue weighted by molar-refractivity contribution is -0.120. The van der Waals surface area contributed by atoms with Crippen molar-refractivity contribution in [2.75, 3.05) is 7.11 Å². The first-order valence-electron chi connectivity index (χ1n) is 8.72. The first kappa shape index (κ1) is 21.2. The maximum atomic E-state index is 12.1. The number of nitrogens with zero attached hydrogens (tertiary/aromatic N) is 1. The highest BCUT2D eigenvalue weighted by Gasteiger charge is 2.12. The second-order valence-electron chi connectivity index (χ2n) is 6.60. The second-order valence-corrected chi connectivity index (χ2v) is 7.76. The number of benzene rings is 2. The number of nitrogens with one attached hydrogen (secondary N) is 1. The van der Waals surface area contributed by atoms with Crippen LogP contribution >= 0.6 is 22.6 Å². The van der Waals surface area contributed by atoms with Crippen molar-refractivity contribution in [1.29, 1.82) is 0 Å². The summed E-state index contributed by atoms with van der Waals surface area (Å²) >= 11 is 2.20. The van der Waals surface area contributed by atoms with E-state index in [9.17, 15) is 4.79 Å². The van der Waals surface area contributed by atoms with Gasteiger partial charge in [-0.25, -0.2) is 5.43 Å². The van der Waals surface area contributed by atoms with Crippen LogP contribution in [0, 0.1) is 17.4 Å². The Bertz CT molecular complexity index is 848. The number of carbonyl (C=O) groups excluding carboxylic acids is 1. The molecule has 0 aliphatic rings. The predicted octanol–water partition coefficient (Wildman–Crippen LogP) is 4.40. The minimum atomic E-state index is -0.153. The third kappa shape index (κ3) is 6.23. The van der Waals surface area contributed by atoms with Gasteiger partial charge >= 0.3 is 0 Å². The molecule has 0 bridgehead atoms. The Morgan fingerprint density at radius 3 is 2.63 bits per heavy atom. The number of methoxy groups -OCH3 is 1. The summed E-state index contributed by atoms with van der Waals surface area (Å²) in [5.74, 6) is 1.20. The normalized spacial score (nSPS) is 11.1. The molecule has 0 aliphatic carbocycles. The molecule has 0 saturated carbocycles. The molecule has 0 aliphatic heterocycles. The monoisotopic (exact) mass is 480 g/mol. The number of hydrogen-bond donors (Lipinski definition) is 1. The van der Waals surface area contributed by atoms with E-state index in [1.807, 2.05) is 52.0 Å². The van der Waals surface area contributed by atoms with Crippen LogP contribution in [0.2, 0.25) is 0 Å². The molecule has 5 nitrogen and oxygen atoms in total. The molecule has 144 valence electrons. The molecule has 1 amide bonds. The molecule has 0 saturated heterocycles. The summed E-state index contributed by atoms with van der Waals surface area (Å²) in [7, 11) is 1.60. The molecule has 0 fully saturated rings. The molecule has 0 unspecified atom stereocenters. The summed E-state index contributed by atoms with van der Waals surface area (Å²) in [6.07, 6.45) is 1.95. The topological polar surface area (TPSA) is 59.9 Å². The van der Waals surface area contributed by atoms with Crippen molar-refractivity contribution in [3.63, 3.8) is 0 Å². The quantitative estimate of drug-likeness (QED) is 0.363. The lowest BCUT2D eigenvalue weighted by atomic mass is 10.0. The van der Waals surface area contributed by atoms with Gasteiger partial charge in [-0.2, -0.15) is 5.10 Å². The molecule has 0 aromatic heterocycles. The number of carbonyl (C=O) groups is 1. The Morgan fingerprint density at radius 2 is 2.00 bits per heavy atom. The number of aryl methyl sites for hydroxylation is 2. The number of hydrogen-bond acceptors (Lipinski definition) is 4. The van der Waals surface area contributed by atoms with Gasteiger partial charge in [0.15, 0.2) is 11.5 Å². The maximum Gasteiger partial charge on any atom is 0.244 e. The highest BCUT2D eigenvalue weighted by molar-refractivity contribution is 14.1. The molecule has 0 radical (unpaired) electrons. The van der Waals surface area contributed by atoms with Crippen molar-refractivity contribution in [3.05, 3.63) is 56.2 Å². The lowest BCUT2D eigenvalue weighted by Crippen LogP contribution is -2.20. The Labute approximate surface area is 174 Å². The van der Waals surface area contributed by atoms with Gasteiger partial charge in [0.05, 0.1) is 29.4 Å². The van der Waals surface area contributed by atoms with Gasteiger partial charge in [-0.1, -0.05) is 23.8 Å². The highest BCUT2D eigenvalue weighted by atomic mass is 127. The van der Waals surface area contributed by atoms with Crippen LogP contribution in [0.5, 0.6) is 11.5 Å². The fourth-order valence-corrected chi connectivity index (χ4v) is 3.35. The number of amides is 1. The van der Waals surface area contributed by atoms with Crippen molar-refractivity contribution in [2.45, 2.75) is 40.2 Å². The molecule has 1 N–H and O–H groups in total. The van der Waals surface area contributed by atoms with Gasteiger partial charge in [-0.3, -0.25) is 4.79 Å². The maximum absolute atomic E-state index is 12.1. The average Bonchev–Trinajstić information content (AvgIpc) is 2.59. The molecule has 27 heavy (non-hydrogen) atoms. The van der Waals surface area contributed by atoms with Crippen molar-refractivity contribution in [3.8, 4) is 11.5 Å². The molecule has 2 aromatic carbocycles. The Morgan fingerprint density at radius 1 is 1.26 bits per heavy atom. The number of halogens is 1. The van der Waals surface area contributed by atoms with Crippen LogP contribution in [0.4, 0.5) is 0 Å². The van der Waals surface area contributed by atoms with Crippen LogP contribution in [0.3, 0.4) is 0 Å².